The van der Waals surface area contributed by atoms with Crippen molar-refractivity contribution in [2.24, 2.45) is 0 Å². The minimum Gasteiger partial charge on any atom is -0.379 e. The third-order valence-electron chi connectivity index (χ3n) is 1.99. The zero-order valence-corrected chi connectivity index (χ0v) is 8.51. The van der Waals surface area contributed by atoms with Crippen molar-refractivity contribution in [3.63, 3.8) is 0 Å². The van der Waals surface area contributed by atoms with Crippen LogP contribution in [0.4, 0.5) is 0 Å². The Morgan fingerprint density at radius 1 is 1.33 bits per heavy atom. The second kappa shape index (κ2) is 7.53. The standard InChI is InChI=1S/C9H22N2O/c1-4-11(5-2)8-6-7-10-9(3)12/h9-10,12H,4-8H2,1-3H3. The number of hydrogen-bond acceptors (Lipinski definition) is 3. The van der Waals surface area contributed by atoms with Crippen molar-refractivity contribution in [1.82, 2.24) is 10.2 Å². The van der Waals surface area contributed by atoms with Gasteiger partial charge in [-0.2, -0.15) is 0 Å². The van der Waals surface area contributed by atoms with Gasteiger partial charge in [0.05, 0.1) is 0 Å². The van der Waals surface area contributed by atoms with E-state index >= 15 is 0 Å². The van der Waals surface area contributed by atoms with Crippen LogP contribution in [-0.4, -0.2) is 42.4 Å². The predicted octanol–water partition coefficient (Wildman–Crippen LogP) is 0.646. The van der Waals surface area contributed by atoms with Gasteiger partial charge in [-0.3, -0.25) is 5.32 Å². The van der Waals surface area contributed by atoms with E-state index in [0.717, 1.165) is 32.6 Å². The molecule has 3 nitrogen and oxygen atoms in total. The summed E-state index contributed by atoms with van der Waals surface area (Å²) in [6, 6.07) is 0. The Kier molecular flexibility index (Phi) is 7.45. The van der Waals surface area contributed by atoms with E-state index in [1.54, 1.807) is 6.92 Å². The Morgan fingerprint density at radius 2 is 1.92 bits per heavy atom. The summed E-state index contributed by atoms with van der Waals surface area (Å²) < 4.78 is 0. The molecule has 0 bridgehead atoms. The van der Waals surface area contributed by atoms with E-state index in [1.807, 2.05) is 0 Å². The topological polar surface area (TPSA) is 35.5 Å². The second-order valence-electron chi connectivity index (χ2n) is 3.01. The average molecular weight is 174 g/mol. The van der Waals surface area contributed by atoms with Crippen LogP contribution in [0.3, 0.4) is 0 Å². The van der Waals surface area contributed by atoms with Crippen molar-refractivity contribution in [3.8, 4) is 0 Å². The van der Waals surface area contributed by atoms with Gasteiger partial charge in [-0.1, -0.05) is 13.8 Å². The fourth-order valence-electron chi connectivity index (χ4n) is 1.15. The van der Waals surface area contributed by atoms with Crippen LogP contribution >= 0.6 is 0 Å². The van der Waals surface area contributed by atoms with E-state index in [1.165, 1.54) is 0 Å². The monoisotopic (exact) mass is 174 g/mol. The van der Waals surface area contributed by atoms with E-state index in [-0.39, 0.29) is 6.23 Å². The molecule has 0 amide bonds. The summed E-state index contributed by atoms with van der Waals surface area (Å²) in [5.74, 6) is 0. The molecule has 0 radical (unpaired) electrons. The molecule has 1 unspecified atom stereocenters. The van der Waals surface area contributed by atoms with Crippen LogP contribution in [0.5, 0.6) is 0 Å². The highest BCUT2D eigenvalue weighted by atomic mass is 16.3. The molecule has 0 spiro atoms. The fourth-order valence-corrected chi connectivity index (χ4v) is 1.15. The summed E-state index contributed by atoms with van der Waals surface area (Å²) in [6.07, 6.45) is 0.730. The molecule has 0 saturated carbocycles. The van der Waals surface area contributed by atoms with Crippen LogP contribution in [0.25, 0.3) is 0 Å². The molecule has 12 heavy (non-hydrogen) atoms. The third-order valence-corrected chi connectivity index (χ3v) is 1.99. The summed E-state index contributed by atoms with van der Waals surface area (Å²) in [5.41, 5.74) is 0. The first-order chi connectivity index (χ1) is 5.70. The zero-order chi connectivity index (χ0) is 9.40. The Balaban J connectivity index is 3.17. The molecule has 0 aromatic rings. The predicted molar refractivity (Wildman–Crippen MR) is 52.1 cm³/mol. The molecule has 0 aromatic carbocycles. The number of aliphatic hydroxyl groups excluding tert-OH is 1. The van der Waals surface area contributed by atoms with Crippen molar-refractivity contribution in [2.45, 2.75) is 33.4 Å². The van der Waals surface area contributed by atoms with E-state index < -0.39 is 0 Å². The lowest BCUT2D eigenvalue weighted by Gasteiger charge is -2.18. The molecule has 3 heteroatoms. The summed E-state index contributed by atoms with van der Waals surface area (Å²) >= 11 is 0. The van der Waals surface area contributed by atoms with Gasteiger partial charge in [0, 0.05) is 0 Å². The lowest BCUT2D eigenvalue weighted by atomic mass is 10.3. The Bertz CT molecular complexity index is 92.5. The maximum atomic E-state index is 8.91. The Hall–Kier alpha value is -0.120. The molecular formula is C9H22N2O. The Morgan fingerprint density at radius 3 is 2.33 bits per heavy atom. The van der Waals surface area contributed by atoms with E-state index in [2.05, 4.69) is 24.1 Å². The molecule has 0 aromatic heterocycles. The van der Waals surface area contributed by atoms with Crippen molar-refractivity contribution >= 4 is 0 Å². The van der Waals surface area contributed by atoms with E-state index in [4.69, 9.17) is 5.11 Å². The molecule has 0 aliphatic carbocycles. The Labute approximate surface area is 75.8 Å². The van der Waals surface area contributed by atoms with E-state index in [0.29, 0.717) is 0 Å². The van der Waals surface area contributed by atoms with Crippen molar-refractivity contribution in [1.29, 1.82) is 0 Å². The molecule has 74 valence electrons. The lowest BCUT2D eigenvalue weighted by Crippen LogP contribution is -2.30. The molecule has 0 fully saturated rings. The van der Waals surface area contributed by atoms with Crippen LogP contribution in [0.15, 0.2) is 0 Å². The highest BCUT2D eigenvalue weighted by Gasteiger charge is 1.98. The first-order valence-corrected chi connectivity index (χ1v) is 4.84. The second-order valence-corrected chi connectivity index (χ2v) is 3.01. The van der Waals surface area contributed by atoms with E-state index in [9.17, 15) is 0 Å². The van der Waals surface area contributed by atoms with Crippen LogP contribution in [0, 0.1) is 0 Å². The molecule has 2 N–H and O–H groups in total. The zero-order valence-electron chi connectivity index (χ0n) is 8.51. The van der Waals surface area contributed by atoms with Gasteiger partial charge >= 0.3 is 0 Å². The first-order valence-electron chi connectivity index (χ1n) is 4.84. The number of hydrogen-bond donors (Lipinski definition) is 2. The minimum absolute atomic E-state index is 0.373. The highest BCUT2D eigenvalue weighted by Crippen LogP contribution is 1.89. The number of rotatable bonds is 7. The van der Waals surface area contributed by atoms with Crippen LogP contribution in [0.1, 0.15) is 27.2 Å². The molecule has 1 atom stereocenters. The van der Waals surface area contributed by atoms with Crippen LogP contribution < -0.4 is 5.32 Å². The van der Waals surface area contributed by atoms with Gasteiger partial charge in [0.2, 0.25) is 0 Å². The van der Waals surface area contributed by atoms with Crippen molar-refractivity contribution in [3.05, 3.63) is 0 Å². The van der Waals surface area contributed by atoms with Gasteiger partial charge in [0.25, 0.3) is 0 Å². The summed E-state index contributed by atoms with van der Waals surface area (Å²) in [5, 5.41) is 11.9. The quantitative estimate of drug-likeness (QED) is 0.439. The normalized spacial score (nSPS) is 13.8. The van der Waals surface area contributed by atoms with Crippen LogP contribution in [-0.2, 0) is 0 Å². The van der Waals surface area contributed by atoms with Gasteiger partial charge in [-0.05, 0) is 39.5 Å². The molecule has 0 aliphatic heterocycles. The third kappa shape index (κ3) is 6.58. The maximum absolute atomic E-state index is 8.91. The summed E-state index contributed by atoms with van der Waals surface area (Å²) in [7, 11) is 0. The SMILES string of the molecule is CCN(CC)CCCNC(C)O. The largest absolute Gasteiger partial charge is 0.379 e. The first kappa shape index (κ1) is 11.9. The maximum Gasteiger partial charge on any atom is 0.102 e. The van der Waals surface area contributed by atoms with Gasteiger partial charge in [-0.25, -0.2) is 0 Å². The molecule has 0 heterocycles. The smallest absolute Gasteiger partial charge is 0.102 e. The van der Waals surface area contributed by atoms with Gasteiger partial charge in [0.15, 0.2) is 0 Å². The molecule has 0 aliphatic rings. The van der Waals surface area contributed by atoms with Crippen molar-refractivity contribution < 1.29 is 5.11 Å². The highest BCUT2D eigenvalue weighted by molar-refractivity contribution is 4.54. The summed E-state index contributed by atoms with van der Waals surface area (Å²) in [6.45, 7) is 10.3. The van der Waals surface area contributed by atoms with Gasteiger partial charge in [-0.15, -0.1) is 0 Å². The molecular weight excluding hydrogens is 152 g/mol. The molecule has 0 saturated heterocycles. The van der Waals surface area contributed by atoms with Crippen molar-refractivity contribution in [2.75, 3.05) is 26.2 Å². The van der Waals surface area contributed by atoms with Crippen LogP contribution in [0.2, 0.25) is 0 Å². The summed E-state index contributed by atoms with van der Waals surface area (Å²) in [4.78, 5) is 2.38. The van der Waals surface area contributed by atoms with Gasteiger partial charge in [0.1, 0.15) is 6.23 Å². The fraction of sp³-hybridized carbons (Fsp3) is 1.00. The van der Waals surface area contributed by atoms with Gasteiger partial charge < -0.3 is 10.0 Å². The average Bonchev–Trinajstić information content (AvgIpc) is 2.04. The lowest BCUT2D eigenvalue weighted by molar-refractivity contribution is 0.154. The number of nitrogens with zero attached hydrogens (tertiary/aromatic N) is 1. The number of aliphatic hydroxyl groups is 1. The number of nitrogens with one attached hydrogen (secondary N) is 1. The molecule has 0 rings (SSSR count). The minimum atomic E-state index is -0.373.